The Kier molecular flexibility index (Phi) is 1.79. The van der Waals surface area contributed by atoms with Crippen LogP contribution in [0.2, 0.25) is 0 Å². The first-order chi connectivity index (χ1) is 7.55. The summed E-state index contributed by atoms with van der Waals surface area (Å²) in [6.07, 6.45) is 2.35. The van der Waals surface area contributed by atoms with E-state index in [-0.39, 0.29) is 0 Å². The van der Waals surface area contributed by atoms with Crippen LogP contribution < -0.4 is 5.73 Å². The Morgan fingerprint density at radius 1 is 1.38 bits per heavy atom. The van der Waals surface area contributed by atoms with Crippen molar-refractivity contribution in [1.82, 2.24) is 15.0 Å². The molecule has 1 saturated carbocycles. The molecule has 0 atom stereocenters. The van der Waals surface area contributed by atoms with Gasteiger partial charge in [0, 0.05) is 5.69 Å². The average molecular weight is 216 g/mol. The average Bonchev–Trinajstić information content (AvgIpc) is 2.56. The molecule has 16 heavy (non-hydrogen) atoms. The fraction of sp³-hybridized carbons (Fsp3) is 0.500. The molecule has 1 aliphatic carbocycles. The highest BCUT2D eigenvalue weighted by molar-refractivity contribution is 5.78. The molecular weight excluding hydrogens is 200 g/mol. The molecule has 2 aromatic rings. The molecule has 0 aliphatic heterocycles. The largest absolute Gasteiger partial charge is 0.399 e. The van der Waals surface area contributed by atoms with Gasteiger partial charge in [0.15, 0.2) is 0 Å². The van der Waals surface area contributed by atoms with Gasteiger partial charge in [0.05, 0.1) is 11.6 Å². The second-order valence-corrected chi connectivity index (χ2v) is 5.51. The van der Waals surface area contributed by atoms with Gasteiger partial charge in [-0.15, -0.1) is 5.10 Å². The summed E-state index contributed by atoms with van der Waals surface area (Å²) in [5.41, 5.74) is 8.91. The van der Waals surface area contributed by atoms with Gasteiger partial charge in [-0.1, -0.05) is 19.1 Å². The summed E-state index contributed by atoms with van der Waals surface area (Å²) in [6, 6.07) is 6.30. The molecule has 0 unspecified atom stereocenters. The summed E-state index contributed by atoms with van der Waals surface area (Å²) in [5.74, 6) is 0. The Morgan fingerprint density at radius 3 is 2.81 bits per heavy atom. The van der Waals surface area contributed by atoms with Gasteiger partial charge >= 0.3 is 0 Å². The molecule has 3 rings (SSSR count). The van der Waals surface area contributed by atoms with E-state index in [2.05, 4.69) is 24.2 Å². The first-order valence-corrected chi connectivity index (χ1v) is 5.66. The molecule has 0 spiro atoms. The summed E-state index contributed by atoms with van der Waals surface area (Å²) >= 11 is 0. The number of hydrogen-bond donors (Lipinski definition) is 1. The molecule has 0 saturated heterocycles. The highest BCUT2D eigenvalue weighted by Crippen LogP contribution is 2.48. The molecule has 1 aromatic heterocycles. The maximum Gasteiger partial charge on any atom is 0.115 e. The maximum atomic E-state index is 5.72. The van der Waals surface area contributed by atoms with Crippen LogP contribution in [0.15, 0.2) is 18.2 Å². The van der Waals surface area contributed by atoms with Gasteiger partial charge < -0.3 is 5.73 Å². The van der Waals surface area contributed by atoms with Crippen LogP contribution in [0.5, 0.6) is 0 Å². The Bertz CT molecular complexity index is 533. The predicted molar refractivity (Wildman–Crippen MR) is 64.0 cm³/mol. The van der Waals surface area contributed by atoms with Gasteiger partial charge in [0.25, 0.3) is 0 Å². The molecule has 1 aliphatic rings. The number of nitrogens with zero attached hydrogens (tertiary/aromatic N) is 3. The van der Waals surface area contributed by atoms with E-state index in [1.165, 1.54) is 12.8 Å². The predicted octanol–water partition coefficient (Wildman–Crippen LogP) is 2.37. The lowest BCUT2D eigenvalue weighted by Gasteiger charge is -2.42. The van der Waals surface area contributed by atoms with Gasteiger partial charge in [0.2, 0.25) is 0 Å². The zero-order valence-electron chi connectivity index (χ0n) is 9.64. The number of aromatic nitrogens is 3. The fourth-order valence-electron chi connectivity index (χ4n) is 2.62. The first-order valence-electron chi connectivity index (χ1n) is 5.66. The van der Waals surface area contributed by atoms with Crippen molar-refractivity contribution < 1.29 is 0 Å². The van der Waals surface area contributed by atoms with E-state index in [4.69, 9.17) is 5.73 Å². The quantitative estimate of drug-likeness (QED) is 0.744. The van der Waals surface area contributed by atoms with E-state index < -0.39 is 0 Å². The van der Waals surface area contributed by atoms with Crippen molar-refractivity contribution in [2.45, 2.75) is 32.7 Å². The topological polar surface area (TPSA) is 56.7 Å². The third-order valence-electron chi connectivity index (χ3n) is 3.42. The second-order valence-electron chi connectivity index (χ2n) is 5.51. The minimum Gasteiger partial charge on any atom is -0.399 e. The number of nitrogens with two attached hydrogens (primary N) is 1. The number of hydrogen-bond acceptors (Lipinski definition) is 3. The van der Waals surface area contributed by atoms with E-state index in [1.54, 1.807) is 0 Å². The summed E-state index contributed by atoms with van der Waals surface area (Å²) in [5, 5.41) is 8.40. The molecule has 4 nitrogen and oxygen atoms in total. The maximum absolute atomic E-state index is 5.72. The van der Waals surface area contributed by atoms with Crippen LogP contribution in [0, 0.1) is 5.41 Å². The van der Waals surface area contributed by atoms with Crippen molar-refractivity contribution >= 4 is 16.7 Å². The SMILES string of the molecule is CC1(C)CC(n2nnc3cc(N)ccc32)C1. The smallest absolute Gasteiger partial charge is 0.115 e. The molecule has 0 bridgehead atoms. The first kappa shape index (κ1) is 9.63. The van der Waals surface area contributed by atoms with Crippen LogP contribution in [0.25, 0.3) is 11.0 Å². The van der Waals surface area contributed by atoms with Gasteiger partial charge in [-0.3, -0.25) is 0 Å². The van der Waals surface area contributed by atoms with Crippen LogP contribution >= 0.6 is 0 Å². The lowest BCUT2D eigenvalue weighted by Crippen LogP contribution is -2.34. The van der Waals surface area contributed by atoms with E-state index in [9.17, 15) is 0 Å². The van der Waals surface area contributed by atoms with Crippen LogP contribution in [-0.4, -0.2) is 15.0 Å². The minimum atomic E-state index is 0.455. The third-order valence-corrected chi connectivity index (χ3v) is 3.42. The van der Waals surface area contributed by atoms with Crippen molar-refractivity contribution in [2.24, 2.45) is 5.41 Å². The van der Waals surface area contributed by atoms with Crippen LogP contribution in [0.1, 0.15) is 32.7 Å². The monoisotopic (exact) mass is 216 g/mol. The fourth-order valence-corrected chi connectivity index (χ4v) is 2.62. The van der Waals surface area contributed by atoms with Crippen molar-refractivity contribution in [3.8, 4) is 0 Å². The van der Waals surface area contributed by atoms with Crippen molar-refractivity contribution in [1.29, 1.82) is 0 Å². The van der Waals surface area contributed by atoms with Gasteiger partial charge in [-0.05, 0) is 36.5 Å². The third kappa shape index (κ3) is 1.37. The molecule has 1 aromatic carbocycles. The molecule has 2 N–H and O–H groups in total. The van der Waals surface area contributed by atoms with Crippen molar-refractivity contribution in [3.05, 3.63) is 18.2 Å². The Balaban J connectivity index is 2.00. The molecule has 1 fully saturated rings. The normalized spacial score (nSPS) is 19.9. The Labute approximate surface area is 94.4 Å². The van der Waals surface area contributed by atoms with Gasteiger partial charge in [0.1, 0.15) is 5.52 Å². The highest BCUT2D eigenvalue weighted by atomic mass is 15.4. The van der Waals surface area contributed by atoms with Crippen LogP contribution in [0.3, 0.4) is 0 Å². The minimum absolute atomic E-state index is 0.455. The summed E-state index contributed by atoms with van der Waals surface area (Å²) in [6.45, 7) is 4.58. The number of anilines is 1. The van der Waals surface area contributed by atoms with Crippen LogP contribution in [0.4, 0.5) is 5.69 Å². The number of rotatable bonds is 1. The molecular formula is C12H16N4. The lowest BCUT2D eigenvalue weighted by atomic mass is 9.68. The van der Waals surface area contributed by atoms with E-state index in [1.807, 2.05) is 22.9 Å². The zero-order valence-corrected chi connectivity index (χ0v) is 9.64. The highest BCUT2D eigenvalue weighted by Gasteiger charge is 2.38. The van der Waals surface area contributed by atoms with Gasteiger partial charge in [-0.2, -0.15) is 0 Å². The summed E-state index contributed by atoms with van der Waals surface area (Å²) < 4.78 is 2.04. The second kappa shape index (κ2) is 2.97. The molecule has 1 heterocycles. The zero-order chi connectivity index (χ0) is 11.3. The van der Waals surface area contributed by atoms with Crippen molar-refractivity contribution in [3.63, 3.8) is 0 Å². The number of nitrogen functional groups attached to an aromatic ring is 1. The summed E-state index contributed by atoms with van der Waals surface area (Å²) in [7, 11) is 0. The van der Waals surface area contributed by atoms with E-state index >= 15 is 0 Å². The van der Waals surface area contributed by atoms with Gasteiger partial charge in [-0.25, -0.2) is 4.68 Å². The molecule has 84 valence electrons. The number of benzene rings is 1. The number of fused-ring (bicyclic) bond motifs is 1. The molecule has 0 radical (unpaired) electrons. The molecule has 0 amide bonds. The van der Waals surface area contributed by atoms with Crippen LogP contribution in [-0.2, 0) is 0 Å². The Morgan fingerprint density at radius 2 is 2.12 bits per heavy atom. The molecule has 4 heteroatoms. The standard InChI is InChI=1S/C12H16N4/c1-12(2)6-9(7-12)16-11-4-3-8(13)5-10(11)14-15-16/h3-5,9H,6-7,13H2,1-2H3. The Hall–Kier alpha value is -1.58. The van der Waals surface area contributed by atoms with Crippen molar-refractivity contribution in [2.75, 3.05) is 5.73 Å². The lowest BCUT2D eigenvalue weighted by molar-refractivity contribution is 0.0966. The van der Waals surface area contributed by atoms with E-state index in [0.29, 0.717) is 11.5 Å². The summed E-state index contributed by atoms with van der Waals surface area (Å²) in [4.78, 5) is 0. The van der Waals surface area contributed by atoms with E-state index in [0.717, 1.165) is 16.7 Å².